The summed E-state index contributed by atoms with van der Waals surface area (Å²) in [6.07, 6.45) is 0.323. The number of methoxy groups -OCH3 is 1. The number of Topliss-reactive ketones (excluding diaryl/α,β-unsaturated/α-hetero) is 1. The van der Waals surface area contributed by atoms with Crippen LogP contribution >= 0.6 is 22.9 Å². The highest BCUT2D eigenvalue weighted by atomic mass is 35.5. The first kappa shape index (κ1) is 16.0. The van der Waals surface area contributed by atoms with Crippen LogP contribution in [0.5, 0.6) is 5.75 Å². The second-order valence-electron chi connectivity index (χ2n) is 4.61. The SMILES string of the molecule is COCCc1ccc(OC(C)C(=O)c2ccc(Cl)s2)cc1. The molecule has 0 aliphatic carbocycles. The van der Waals surface area contributed by atoms with Gasteiger partial charge in [-0.2, -0.15) is 0 Å². The molecule has 0 radical (unpaired) electrons. The summed E-state index contributed by atoms with van der Waals surface area (Å²) < 4.78 is 11.3. The van der Waals surface area contributed by atoms with Gasteiger partial charge in [-0.15, -0.1) is 11.3 Å². The number of carbonyl (C=O) groups is 1. The maximum absolute atomic E-state index is 12.2. The van der Waals surface area contributed by atoms with Gasteiger partial charge in [0.1, 0.15) is 5.75 Å². The first-order valence-electron chi connectivity index (χ1n) is 6.64. The van der Waals surface area contributed by atoms with Crippen molar-refractivity contribution >= 4 is 28.7 Å². The number of rotatable bonds is 7. The van der Waals surface area contributed by atoms with Crippen molar-refractivity contribution in [3.8, 4) is 5.75 Å². The minimum absolute atomic E-state index is 0.0599. The molecule has 2 rings (SSSR count). The molecule has 0 aliphatic heterocycles. The Kier molecular flexibility index (Phi) is 5.79. The molecule has 0 saturated heterocycles. The number of halogens is 1. The molecular formula is C16H17ClO3S. The Bertz CT molecular complexity index is 592. The van der Waals surface area contributed by atoms with Gasteiger partial charge < -0.3 is 9.47 Å². The Morgan fingerprint density at radius 2 is 1.95 bits per heavy atom. The van der Waals surface area contributed by atoms with Crippen molar-refractivity contribution in [2.45, 2.75) is 19.4 Å². The standard InChI is InChI=1S/C16H17ClO3S/c1-11(16(18)14-7-8-15(17)21-14)20-13-5-3-12(4-6-13)9-10-19-2/h3-8,11H,9-10H2,1-2H3. The summed E-state index contributed by atoms with van der Waals surface area (Å²) in [5.41, 5.74) is 1.17. The third-order valence-electron chi connectivity index (χ3n) is 3.02. The van der Waals surface area contributed by atoms with E-state index in [-0.39, 0.29) is 5.78 Å². The minimum atomic E-state index is -0.537. The van der Waals surface area contributed by atoms with Crippen molar-refractivity contribution in [2.75, 3.05) is 13.7 Å². The minimum Gasteiger partial charge on any atom is -0.483 e. The van der Waals surface area contributed by atoms with Gasteiger partial charge in [0, 0.05) is 7.11 Å². The summed E-state index contributed by atoms with van der Waals surface area (Å²) in [4.78, 5) is 12.8. The molecule has 0 spiro atoms. The van der Waals surface area contributed by atoms with Crippen LogP contribution in [0.25, 0.3) is 0 Å². The number of hydrogen-bond donors (Lipinski definition) is 0. The molecule has 21 heavy (non-hydrogen) atoms. The molecule has 1 atom stereocenters. The number of thiophene rings is 1. The summed E-state index contributed by atoms with van der Waals surface area (Å²) in [6, 6.07) is 11.1. The van der Waals surface area contributed by atoms with E-state index < -0.39 is 6.10 Å². The Labute approximate surface area is 133 Å². The molecule has 1 unspecified atom stereocenters. The van der Waals surface area contributed by atoms with Crippen LogP contribution in [0.15, 0.2) is 36.4 Å². The van der Waals surface area contributed by atoms with Crippen molar-refractivity contribution in [1.29, 1.82) is 0 Å². The maximum atomic E-state index is 12.2. The van der Waals surface area contributed by atoms with Gasteiger partial charge in [-0.25, -0.2) is 0 Å². The highest BCUT2D eigenvalue weighted by molar-refractivity contribution is 7.18. The average molecular weight is 325 g/mol. The van der Waals surface area contributed by atoms with Gasteiger partial charge in [0.2, 0.25) is 5.78 Å². The molecule has 0 amide bonds. The zero-order chi connectivity index (χ0) is 15.2. The molecule has 2 aromatic rings. The van der Waals surface area contributed by atoms with Crippen LogP contribution in [-0.2, 0) is 11.2 Å². The predicted molar refractivity (Wildman–Crippen MR) is 85.8 cm³/mol. The molecular weight excluding hydrogens is 308 g/mol. The van der Waals surface area contributed by atoms with E-state index in [2.05, 4.69) is 0 Å². The Hall–Kier alpha value is -1.36. The largest absolute Gasteiger partial charge is 0.483 e. The molecule has 1 aromatic heterocycles. The van der Waals surface area contributed by atoms with Gasteiger partial charge in [0.05, 0.1) is 15.8 Å². The fourth-order valence-corrected chi connectivity index (χ4v) is 2.92. The molecule has 0 fully saturated rings. The third-order valence-corrected chi connectivity index (χ3v) is 4.26. The molecule has 3 nitrogen and oxygen atoms in total. The maximum Gasteiger partial charge on any atom is 0.212 e. The van der Waals surface area contributed by atoms with Crippen LogP contribution in [-0.4, -0.2) is 25.6 Å². The summed E-state index contributed by atoms with van der Waals surface area (Å²) in [6.45, 7) is 2.43. The molecule has 0 N–H and O–H groups in total. The summed E-state index contributed by atoms with van der Waals surface area (Å²) in [5.74, 6) is 0.620. The predicted octanol–water partition coefficient (Wildman–Crippen LogP) is 4.24. The lowest BCUT2D eigenvalue weighted by atomic mass is 10.1. The van der Waals surface area contributed by atoms with Crippen molar-refractivity contribution in [3.05, 3.63) is 51.2 Å². The molecule has 0 aliphatic rings. The van der Waals surface area contributed by atoms with Crippen LogP contribution in [0.2, 0.25) is 4.34 Å². The molecule has 1 heterocycles. The van der Waals surface area contributed by atoms with E-state index >= 15 is 0 Å². The van der Waals surface area contributed by atoms with Gasteiger partial charge in [0.25, 0.3) is 0 Å². The number of benzene rings is 1. The zero-order valence-corrected chi connectivity index (χ0v) is 13.5. The lowest BCUT2D eigenvalue weighted by Gasteiger charge is -2.13. The Balaban J connectivity index is 1.95. The van der Waals surface area contributed by atoms with E-state index in [1.165, 1.54) is 16.9 Å². The van der Waals surface area contributed by atoms with Crippen molar-refractivity contribution in [2.24, 2.45) is 0 Å². The van der Waals surface area contributed by atoms with Crippen molar-refractivity contribution in [1.82, 2.24) is 0 Å². The topological polar surface area (TPSA) is 35.5 Å². The number of ketones is 1. The highest BCUT2D eigenvalue weighted by Crippen LogP contribution is 2.24. The molecule has 5 heteroatoms. The fraction of sp³-hybridized carbons (Fsp3) is 0.312. The fourth-order valence-electron chi connectivity index (χ4n) is 1.86. The lowest BCUT2D eigenvalue weighted by molar-refractivity contribution is 0.0822. The Morgan fingerprint density at radius 3 is 2.52 bits per heavy atom. The Morgan fingerprint density at radius 1 is 1.24 bits per heavy atom. The summed E-state index contributed by atoms with van der Waals surface area (Å²) >= 11 is 7.11. The zero-order valence-electron chi connectivity index (χ0n) is 12.0. The third kappa shape index (κ3) is 4.56. The van der Waals surface area contributed by atoms with E-state index in [1.54, 1.807) is 26.2 Å². The van der Waals surface area contributed by atoms with E-state index in [4.69, 9.17) is 21.1 Å². The lowest BCUT2D eigenvalue weighted by Crippen LogP contribution is -2.23. The van der Waals surface area contributed by atoms with Crippen LogP contribution in [0.1, 0.15) is 22.2 Å². The summed E-state index contributed by atoms with van der Waals surface area (Å²) in [7, 11) is 1.68. The quantitative estimate of drug-likeness (QED) is 0.715. The van der Waals surface area contributed by atoms with Gasteiger partial charge in [0.15, 0.2) is 6.10 Å². The van der Waals surface area contributed by atoms with Gasteiger partial charge in [-0.05, 0) is 43.2 Å². The molecule has 112 valence electrons. The monoisotopic (exact) mass is 324 g/mol. The van der Waals surface area contributed by atoms with Gasteiger partial charge >= 0.3 is 0 Å². The number of hydrogen-bond acceptors (Lipinski definition) is 4. The average Bonchev–Trinajstić information content (AvgIpc) is 2.92. The van der Waals surface area contributed by atoms with Crippen LogP contribution in [0.3, 0.4) is 0 Å². The van der Waals surface area contributed by atoms with E-state index in [9.17, 15) is 4.79 Å². The molecule has 0 saturated carbocycles. The first-order valence-corrected chi connectivity index (χ1v) is 7.83. The highest BCUT2D eigenvalue weighted by Gasteiger charge is 2.18. The molecule has 1 aromatic carbocycles. The second kappa shape index (κ2) is 7.59. The summed E-state index contributed by atoms with van der Waals surface area (Å²) in [5, 5.41) is 0. The van der Waals surface area contributed by atoms with Crippen molar-refractivity contribution in [3.63, 3.8) is 0 Å². The van der Waals surface area contributed by atoms with Gasteiger partial charge in [-0.1, -0.05) is 23.7 Å². The van der Waals surface area contributed by atoms with E-state index in [0.717, 1.165) is 6.42 Å². The van der Waals surface area contributed by atoms with Crippen LogP contribution in [0.4, 0.5) is 0 Å². The number of carbonyl (C=O) groups excluding carboxylic acids is 1. The smallest absolute Gasteiger partial charge is 0.212 e. The molecule has 0 bridgehead atoms. The van der Waals surface area contributed by atoms with E-state index in [0.29, 0.717) is 21.6 Å². The second-order valence-corrected chi connectivity index (χ2v) is 6.33. The van der Waals surface area contributed by atoms with Gasteiger partial charge in [-0.3, -0.25) is 4.79 Å². The van der Waals surface area contributed by atoms with Crippen LogP contribution < -0.4 is 4.74 Å². The first-order chi connectivity index (χ1) is 10.1. The van der Waals surface area contributed by atoms with E-state index in [1.807, 2.05) is 24.3 Å². The van der Waals surface area contributed by atoms with Crippen LogP contribution in [0, 0.1) is 0 Å². The normalized spacial score (nSPS) is 12.1. The van der Waals surface area contributed by atoms with Crippen molar-refractivity contribution < 1.29 is 14.3 Å². The number of ether oxygens (including phenoxy) is 2.